The summed E-state index contributed by atoms with van der Waals surface area (Å²) >= 11 is 0. The van der Waals surface area contributed by atoms with E-state index >= 15 is 0 Å². The molecule has 2 aromatic carbocycles. The molecule has 0 spiro atoms. The Balaban J connectivity index is 1.68. The number of carboxylic acid groups (broad SMARTS) is 1. The first kappa shape index (κ1) is 16.6. The second-order valence-corrected chi connectivity index (χ2v) is 7.13. The topological polar surface area (TPSA) is 66.8 Å². The number of carbonyl (C=O) groups excluding carboxylic acids is 1. The summed E-state index contributed by atoms with van der Waals surface area (Å²) in [6, 6.07) is 10.8. The van der Waals surface area contributed by atoms with Crippen LogP contribution < -0.4 is 4.74 Å². The lowest BCUT2D eigenvalue weighted by molar-refractivity contribution is -0.152. The Kier molecular flexibility index (Phi) is 3.94. The Morgan fingerprint density at radius 2 is 1.81 bits per heavy atom. The number of nitrogens with zero attached hydrogens (tertiary/aromatic N) is 1. The fourth-order valence-electron chi connectivity index (χ4n) is 3.85. The van der Waals surface area contributed by atoms with Crippen LogP contribution in [0.5, 0.6) is 5.75 Å². The number of ether oxygens (including phenoxy) is 1. The maximum Gasteiger partial charge on any atom is 0.326 e. The van der Waals surface area contributed by atoms with E-state index in [1.807, 2.05) is 50.2 Å². The predicted molar refractivity (Wildman–Crippen MR) is 96.3 cm³/mol. The molecule has 0 bridgehead atoms. The van der Waals surface area contributed by atoms with Gasteiger partial charge in [-0.25, -0.2) is 4.79 Å². The lowest BCUT2D eigenvalue weighted by Crippen LogP contribution is -2.50. The average Bonchev–Trinajstić information content (AvgIpc) is 3.02. The standard InChI is InChI=1S/C21H21NO4/c1-12-7-16-17(11-26-19(16)8-13(12)2)20(23)22-10-15-6-4-3-5-14(15)9-18(22)21(24)25/h3-8,17-18H,9-11H2,1-2H3,(H,24,25). The Bertz CT molecular complexity index is 905. The molecule has 0 aromatic heterocycles. The van der Waals surface area contributed by atoms with Gasteiger partial charge >= 0.3 is 5.97 Å². The van der Waals surface area contributed by atoms with Crippen molar-refractivity contribution in [2.75, 3.05) is 6.61 Å². The van der Waals surface area contributed by atoms with Crippen LogP contribution in [0.3, 0.4) is 0 Å². The third-order valence-corrected chi connectivity index (χ3v) is 5.52. The normalized spacial score (nSPS) is 20.9. The molecule has 2 aliphatic rings. The first-order valence-corrected chi connectivity index (χ1v) is 8.79. The highest BCUT2D eigenvalue weighted by molar-refractivity contribution is 5.90. The number of amides is 1. The Morgan fingerprint density at radius 1 is 1.12 bits per heavy atom. The van der Waals surface area contributed by atoms with Crippen molar-refractivity contribution in [3.05, 3.63) is 64.2 Å². The number of hydrogen-bond acceptors (Lipinski definition) is 3. The molecule has 4 rings (SSSR count). The van der Waals surface area contributed by atoms with E-state index < -0.39 is 17.9 Å². The Hall–Kier alpha value is -2.82. The predicted octanol–water partition coefficient (Wildman–Crippen LogP) is 2.82. The summed E-state index contributed by atoms with van der Waals surface area (Å²) in [4.78, 5) is 26.6. The van der Waals surface area contributed by atoms with E-state index in [2.05, 4.69) is 0 Å². The highest BCUT2D eigenvalue weighted by atomic mass is 16.5. The molecule has 0 aliphatic carbocycles. The van der Waals surface area contributed by atoms with Gasteiger partial charge in [-0.1, -0.05) is 30.3 Å². The number of rotatable bonds is 2. The molecule has 2 heterocycles. The van der Waals surface area contributed by atoms with Crippen molar-refractivity contribution in [1.82, 2.24) is 4.90 Å². The van der Waals surface area contributed by atoms with Gasteiger partial charge in [0.15, 0.2) is 0 Å². The highest BCUT2D eigenvalue weighted by Gasteiger charge is 2.40. The molecule has 0 saturated carbocycles. The van der Waals surface area contributed by atoms with E-state index in [-0.39, 0.29) is 12.5 Å². The molecule has 5 nitrogen and oxygen atoms in total. The molecule has 0 radical (unpaired) electrons. The highest BCUT2D eigenvalue weighted by Crippen LogP contribution is 2.38. The van der Waals surface area contributed by atoms with Crippen molar-refractivity contribution >= 4 is 11.9 Å². The molecule has 0 saturated heterocycles. The molecule has 2 aromatic rings. The fraction of sp³-hybridized carbons (Fsp3) is 0.333. The van der Waals surface area contributed by atoms with Crippen LogP contribution in [0.1, 0.15) is 33.7 Å². The summed E-state index contributed by atoms with van der Waals surface area (Å²) in [6.07, 6.45) is 0.338. The van der Waals surface area contributed by atoms with Crippen molar-refractivity contribution in [3.8, 4) is 5.75 Å². The zero-order valence-electron chi connectivity index (χ0n) is 14.9. The van der Waals surface area contributed by atoms with Crippen LogP contribution in [0.25, 0.3) is 0 Å². The van der Waals surface area contributed by atoms with Gasteiger partial charge in [0.25, 0.3) is 0 Å². The van der Waals surface area contributed by atoms with Crippen LogP contribution in [-0.4, -0.2) is 34.5 Å². The zero-order chi connectivity index (χ0) is 18.4. The molecule has 26 heavy (non-hydrogen) atoms. The molecule has 5 heteroatoms. The number of aliphatic carboxylic acids is 1. The first-order valence-electron chi connectivity index (χ1n) is 8.79. The van der Waals surface area contributed by atoms with E-state index in [1.54, 1.807) is 0 Å². The van der Waals surface area contributed by atoms with Crippen molar-refractivity contribution in [1.29, 1.82) is 0 Å². The first-order chi connectivity index (χ1) is 12.5. The minimum atomic E-state index is -0.966. The van der Waals surface area contributed by atoms with Crippen molar-refractivity contribution in [3.63, 3.8) is 0 Å². The third kappa shape index (κ3) is 2.64. The molecule has 0 fully saturated rings. The van der Waals surface area contributed by atoms with Gasteiger partial charge in [-0.05, 0) is 42.2 Å². The molecule has 1 N–H and O–H groups in total. The molecular weight excluding hydrogens is 330 g/mol. The minimum absolute atomic E-state index is 0.172. The SMILES string of the molecule is Cc1cc2c(cc1C)C(C(=O)N1Cc3ccccc3CC1C(=O)O)CO2. The fourth-order valence-corrected chi connectivity index (χ4v) is 3.85. The van der Waals surface area contributed by atoms with Crippen LogP contribution in [0.2, 0.25) is 0 Å². The van der Waals surface area contributed by atoms with Gasteiger partial charge in [-0.3, -0.25) is 4.79 Å². The van der Waals surface area contributed by atoms with Gasteiger partial charge in [0.05, 0.1) is 0 Å². The van der Waals surface area contributed by atoms with Crippen LogP contribution >= 0.6 is 0 Å². The number of benzene rings is 2. The van der Waals surface area contributed by atoms with Crippen LogP contribution in [0.15, 0.2) is 36.4 Å². The second kappa shape index (κ2) is 6.16. The van der Waals surface area contributed by atoms with Gasteiger partial charge in [-0.15, -0.1) is 0 Å². The minimum Gasteiger partial charge on any atom is -0.492 e. The number of carbonyl (C=O) groups is 2. The summed E-state index contributed by atoms with van der Waals surface area (Å²) in [7, 11) is 0. The number of carboxylic acids is 1. The average molecular weight is 351 g/mol. The van der Waals surface area contributed by atoms with Crippen molar-refractivity contribution < 1.29 is 19.4 Å². The molecular formula is C21H21NO4. The Labute approximate surface area is 152 Å². The summed E-state index contributed by atoms with van der Waals surface area (Å²) in [6.45, 7) is 4.60. The molecule has 1 amide bonds. The summed E-state index contributed by atoms with van der Waals surface area (Å²) in [5.74, 6) is -0.854. The lowest BCUT2D eigenvalue weighted by atomic mass is 9.90. The van der Waals surface area contributed by atoms with Crippen LogP contribution in [0, 0.1) is 13.8 Å². The smallest absolute Gasteiger partial charge is 0.326 e. The number of aryl methyl sites for hydroxylation is 2. The van der Waals surface area contributed by atoms with Gasteiger partial charge in [-0.2, -0.15) is 0 Å². The van der Waals surface area contributed by atoms with Gasteiger partial charge in [0.1, 0.15) is 24.3 Å². The van der Waals surface area contributed by atoms with Gasteiger partial charge in [0.2, 0.25) is 5.91 Å². The van der Waals surface area contributed by atoms with E-state index in [1.165, 1.54) is 4.90 Å². The maximum atomic E-state index is 13.3. The second-order valence-electron chi connectivity index (χ2n) is 7.13. The summed E-state index contributed by atoms with van der Waals surface area (Å²) in [5, 5.41) is 9.68. The summed E-state index contributed by atoms with van der Waals surface area (Å²) < 4.78 is 5.73. The van der Waals surface area contributed by atoms with Crippen molar-refractivity contribution in [2.24, 2.45) is 0 Å². The quantitative estimate of drug-likeness (QED) is 0.903. The molecule has 2 unspecified atom stereocenters. The van der Waals surface area contributed by atoms with Crippen LogP contribution in [-0.2, 0) is 22.6 Å². The van der Waals surface area contributed by atoms with E-state index in [4.69, 9.17) is 4.74 Å². The van der Waals surface area contributed by atoms with E-state index in [9.17, 15) is 14.7 Å². The number of fused-ring (bicyclic) bond motifs is 2. The summed E-state index contributed by atoms with van der Waals surface area (Å²) in [5.41, 5.74) is 5.09. The maximum absolute atomic E-state index is 13.3. The monoisotopic (exact) mass is 351 g/mol. The Morgan fingerprint density at radius 3 is 2.54 bits per heavy atom. The van der Waals surface area contributed by atoms with Gasteiger partial charge < -0.3 is 14.7 Å². The molecule has 134 valence electrons. The lowest BCUT2D eigenvalue weighted by Gasteiger charge is -2.35. The van der Waals surface area contributed by atoms with Gasteiger partial charge in [0, 0.05) is 18.5 Å². The van der Waals surface area contributed by atoms with E-state index in [0.717, 1.165) is 33.6 Å². The van der Waals surface area contributed by atoms with E-state index in [0.29, 0.717) is 13.0 Å². The third-order valence-electron chi connectivity index (χ3n) is 5.52. The molecule has 2 aliphatic heterocycles. The largest absolute Gasteiger partial charge is 0.492 e. The number of hydrogen-bond donors (Lipinski definition) is 1. The zero-order valence-corrected chi connectivity index (χ0v) is 14.9. The molecule has 2 atom stereocenters. The van der Waals surface area contributed by atoms with Crippen molar-refractivity contribution in [2.45, 2.75) is 38.8 Å². The van der Waals surface area contributed by atoms with Crippen LogP contribution in [0.4, 0.5) is 0 Å².